The van der Waals surface area contributed by atoms with E-state index in [1.54, 1.807) is 0 Å². The first-order valence-electron chi connectivity index (χ1n) is 6.38. The second-order valence-electron chi connectivity index (χ2n) is 4.65. The van der Waals surface area contributed by atoms with Crippen LogP contribution in [0.5, 0.6) is 0 Å². The minimum Gasteiger partial charge on any atom is -0.394 e. The Labute approximate surface area is 112 Å². The summed E-state index contributed by atoms with van der Waals surface area (Å²) in [6.45, 7) is -0.00363. The van der Waals surface area contributed by atoms with Crippen molar-refractivity contribution in [1.29, 1.82) is 0 Å². The fraction of sp³-hybridized carbons (Fsp3) is 0.250. The number of fused-ring (bicyclic) bond motifs is 3. The Hall–Kier alpha value is -1.68. The number of aliphatic hydroxyl groups excluding tert-OH is 2. The molecule has 0 aliphatic heterocycles. The van der Waals surface area contributed by atoms with E-state index in [9.17, 15) is 5.11 Å². The highest BCUT2D eigenvalue weighted by molar-refractivity contribution is 5.80. The highest BCUT2D eigenvalue weighted by Gasteiger charge is 2.43. The summed E-state index contributed by atoms with van der Waals surface area (Å²) in [4.78, 5) is 0. The Kier molecular flexibility index (Phi) is 3.11. The van der Waals surface area contributed by atoms with Crippen molar-refractivity contribution >= 4 is 0 Å². The molecule has 1 aliphatic rings. The summed E-state index contributed by atoms with van der Waals surface area (Å²) in [6.07, 6.45) is 0. The molecule has 0 amide bonds. The standard InChI is InChI=1S/C16H16O3/c17-9-10-19-16(11-18)14-7-3-1-5-12(14)13-6-2-4-8-15(13)16/h1-8,17-18H,9-11H2. The summed E-state index contributed by atoms with van der Waals surface area (Å²) < 4.78 is 5.84. The summed E-state index contributed by atoms with van der Waals surface area (Å²) in [6, 6.07) is 15.9. The average Bonchev–Trinajstić information content (AvgIpc) is 2.77. The number of aliphatic hydroxyl groups is 2. The third-order valence-corrected chi connectivity index (χ3v) is 3.68. The van der Waals surface area contributed by atoms with Crippen molar-refractivity contribution in [2.24, 2.45) is 0 Å². The third kappa shape index (κ3) is 1.70. The predicted molar refractivity (Wildman–Crippen MR) is 72.8 cm³/mol. The summed E-state index contributed by atoms with van der Waals surface area (Å²) in [5.41, 5.74) is 3.25. The molecule has 0 bridgehead atoms. The fourth-order valence-electron chi connectivity index (χ4n) is 2.88. The minimum atomic E-state index is -0.851. The maximum atomic E-state index is 9.93. The Morgan fingerprint density at radius 1 is 0.842 bits per heavy atom. The Balaban J connectivity index is 2.23. The van der Waals surface area contributed by atoms with Gasteiger partial charge in [-0.15, -0.1) is 0 Å². The molecule has 1 aliphatic carbocycles. The van der Waals surface area contributed by atoms with Crippen molar-refractivity contribution in [3.63, 3.8) is 0 Å². The number of hydrogen-bond donors (Lipinski definition) is 2. The van der Waals surface area contributed by atoms with Gasteiger partial charge < -0.3 is 14.9 Å². The zero-order valence-corrected chi connectivity index (χ0v) is 10.5. The first kappa shape index (κ1) is 12.4. The van der Waals surface area contributed by atoms with Crippen molar-refractivity contribution in [1.82, 2.24) is 0 Å². The van der Waals surface area contributed by atoms with Gasteiger partial charge in [-0.3, -0.25) is 0 Å². The number of benzene rings is 2. The largest absolute Gasteiger partial charge is 0.394 e. The van der Waals surface area contributed by atoms with E-state index >= 15 is 0 Å². The van der Waals surface area contributed by atoms with Gasteiger partial charge in [-0.05, 0) is 22.3 Å². The molecule has 98 valence electrons. The van der Waals surface area contributed by atoms with Crippen molar-refractivity contribution in [3.05, 3.63) is 59.7 Å². The molecule has 2 aromatic rings. The predicted octanol–water partition coefficient (Wildman–Crippen LogP) is 1.91. The monoisotopic (exact) mass is 256 g/mol. The van der Waals surface area contributed by atoms with E-state index in [0.717, 1.165) is 22.3 Å². The van der Waals surface area contributed by atoms with Gasteiger partial charge in [0.15, 0.2) is 0 Å². The molecule has 3 heteroatoms. The van der Waals surface area contributed by atoms with Gasteiger partial charge in [0.2, 0.25) is 0 Å². The van der Waals surface area contributed by atoms with Crippen LogP contribution in [0.2, 0.25) is 0 Å². The molecule has 2 N–H and O–H groups in total. The smallest absolute Gasteiger partial charge is 0.142 e. The molecule has 2 aromatic carbocycles. The second kappa shape index (κ2) is 4.78. The van der Waals surface area contributed by atoms with Crippen LogP contribution in [0, 0.1) is 0 Å². The molecule has 3 rings (SSSR count). The fourth-order valence-corrected chi connectivity index (χ4v) is 2.88. The highest BCUT2D eigenvalue weighted by Crippen LogP contribution is 2.49. The summed E-state index contributed by atoms with van der Waals surface area (Å²) >= 11 is 0. The quantitative estimate of drug-likeness (QED) is 0.878. The lowest BCUT2D eigenvalue weighted by Crippen LogP contribution is -2.34. The summed E-state index contributed by atoms with van der Waals surface area (Å²) in [5.74, 6) is 0. The molecular weight excluding hydrogens is 240 g/mol. The molecule has 0 fully saturated rings. The highest BCUT2D eigenvalue weighted by atomic mass is 16.5. The van der Waals surface area contributed by atoms with Crippen molar-refractivity contribution in [2.75, 3.05) is 19.8 Å². The van der Waals surface area contributed by atoms with Crippen molar-refractivity contribution in [2.45, 2.75) is 5.60 Å². The van der Waals surface area contributed by atoms with Crippen LogP contribution in [-0.4, -0.2) is 30.0 Å². The molecule has 3 nitrogen and oxygen atoms in total. The van der Waals surface area contributed by atoms with Crippen LogP contribution in [0.15, 0.2) is 48.5 Å². The SMILES string of the molecule is OCCOC1(CO)c2ccccc2-c2ccccc21. The van der Waals surface area contributed by atoms with Crippen LogP contribution in [0.4, 0.5) is 0 Å². The van der Waals surface area contributed by atoms with Gasteiger partial charge in [-0.25, -0.2) is 0 Å². The second-order valence-corrected chi connectivity index (χ2v) is 4.65. The van der Waals surface area contributed by atoms with E-state index in [1.165, 1.54) is 0 Å². The minimum absolute atomic E-state index is 0.0634. The molecule has 0 heterocycles. The van der Waals surface area contributed by atoms with Crippen LogP contribution < -0.4 is 0 Å². The lowest BCUT2D eigenvalue weighted by molar-refractivity contribution is -0.0634. The molecule has 0 radical (unpaired) electrons. The van der Waals surface area contributed by atoms with Gasteiger partial charge in [0.1, 0.15) is 5.60 Å². The molecule has 19 heavy (non-hydrogen) atoms. The topological polar surface area (TPSA) is 49.7 Å². The Morgan fingerprint density at radius 3 is 1.84 bits per heavy atom. The number of rotatable bonds is 4. The normalized spacial score (nSPS) is 15.1. The van der Waals surface area contributed by atoms with Crippen LogP contribution in [0.1, 0.15) is 11.1 Å². The van der Waals surface area contributed by atoms with Gasteiger partial charge >= 0.3 is 0 Å². The third-order valence-electron chi connectivity index (χ3n) is 3.68. The van der Waals surface area contributed by atoms with Crippen molar-refractivity contribution < 1.29 is 14.9 Å². The van der Waals surface area contributed by atoms with Crippen LogP contribution in [0.25, 0.3) is 11.1 Å². The van der Waals surface area contributed by atoms with E-state index in [-0.39, 0.29) is 19.8 Å². The van der Waals surface area contributed by atoms with E-state index in [2.05, 4.69) is 0 Å². The maximum absolute atomic E-state index is 9.93. The molecule has 0 unspecified atom stereocenters. The maximum Gasteiger partial charge on any atom is 0.142 e. The van der Waals surface area contributed by atoms with E-state index in [1.807, 2.05) is 48.5 Å². The Morgan fingerprint density at radius 2 is 1.37 bits per heavy atom. The first-order valence-corrected chi connectivity index (χ1v) is 6.38. The zero-order chi connectivity index (χ0) is 13.3. The van der Waals surface area contributed by atoms with Crippen LogP contribution in [0.3, 0.4) is 0 Å². The van der Waals surface area contributed by atoms with E-state index in [4.69, 9.17) is 9.84 Å². The van der Waals surface area contributed by atoms with E-state index in [0.29, 0.717) is 0 Å². The van der Waals surface area contributed by atoms with E-state index < -0.39 is 5.60 Å². The first-order chi connectivity index (χ1) is 9.33. The van der Waals surface area contributed by atoms with Gasteiger partial charge in [-0.2, -0.15) is 0 Å². The van der Waals surface area contributed by atoms with Gasteiger partial charge in [-0.1, -0.05) is 48.5 Å². The number of hydrogen-bond acceptors (Lipinski definition) is 3. The summed E-state index contributed by atoms with van der Waals surface area (Å²) in [7, 11) is 0. The molecule has 0 saturated heterocycles. The Bertz CT molecular complexity index is 547. The zero-order valence-electron chi connectivity index (χ0n) is 10.5. The average molecular weight is 256 g/mol. The molecule has 0 aromatic heterocycles. The van der Waals surface area contributed by atoms with Crippen molar-refractivity contribution in [3.8, 4) is 11.1 Å². The summed E-state index contributed by atoms with van der Waals surface area (Å²) in [5, 5.41) is 19.0. The van der Waals surface area contributed by atoms with Gasteiger partial charge in [0.25, 0.3) is 0 Å². The number of ether oxygens (including phenoxy) is 1. The molecule has 0 atom stereocenters. The lowest BCUT2D eigenvalue weighted by Gasteiger charge is -2.29. The van der Waals surface area contributed by atoms with Gasteiger partial charge in [0, 0.05) is 0 Å². The van der Waals surface area contributed by atoms with Crippen LogP contribution in [-0.2, 0) is 10.3 Å². The van der Waals surface area contributed by atoms with Crippen LogP contribution >= 0.6 is 0 Å². The molecular formula is C16H16O3. The molecule has 0 spiro atoms. The van der Waals surface area contributed by atoms with Gasteiger partial charge in [0.05, 0.1) is 19.8 Å². The molecule has 0 saturated carbocycles. The lowest BCUT2D eigenvalue weighted by atomic mass is 9.92.